The summed E-state index contributed by atoms with van der Waals surface area (Å²) in [5.74, 6) is -0.634. The van der Waals surface area contributed by atoms with Gasteiger partial charge in [0.1, 0.15) is 0 Å². The van der Waals surface area contributed by atoms with Gasteiger partial charge in [0.05, 0.1) is 47.8 Å². The van der Waals surface area contributed by atoms with Crippen molar-refractivity contribution in [1.29, 1.82) is 0 Å². The molecule has 1 aliphatic rings. The number of hydrogen-bond donors (Lipinski definition) is 3. The van der Waals surface area contributed by atoms with E-state index in [1.807, 2.05) is 36.7 Å². The Kier molecular flexibility index (Phi) is 6.20. The average molecular weight is 389 g/mol. The van der Waals surface area contributed by atoms with Crippen LogP contribution in [0, 0.1) is 6.92 Å². The molecular weight excluding hydrogens is 366 g/mol. The van der Waals surface area contributed by atoms with Crippen LogP contribution in [0.1, 0.15) is 30.1 Å². The summed E-state index contributed by atoms with van der Waals surface area (Å²) < 4.78 is 4.77. The molecule has 8 heteroatoms. The van der Waals surface area contributed by atoms with E-state index in [0.717, 1.165) is 21.7 Å². The zero-order valence-electron chi connectivity index (χ0n) is 15.3. The lowest BCUT2D eigenvalue weighted by molar-refractivity contribution is -0.141. The molecule has 3 N–H and O–H groups in total. The van der Waals surface area contributed by atoms with Gasteiger partial charge < -0.3 is 20.5 Å². The number of aliphatic hydroxyl groups excluding tert-OH is 1. The van der Waals surface area contributed by atoms with Crippen LogP contribution in [-0.2, 0) is 14.3 Å². The summed E-state index contributed by atoms with van der Waals surface area (Å²) in [4.78, 5) is 29.7. The number of nitrogens with one attached hydrogen (secondary N) is 2. The number of amides is 1. The first kappa shape index (κ1) is 19.5. The van der Waals surface area contributed by atoms with Gasteiger partial charge in [0.2, 0.25) is 5.91 Å². The molecule has 27 heavy (non-hydrogen) atoms. The fraction of sp³-hybridized carbons (Fsp3) is 0.421. The molecular formula is C19H23N3O4S. The van der Waals surface area contributed by atoms with Crippen molar-refractivity contribution < 1.29 is 19.4 Å². The normalized spacial score (nSPS) is 20.3. The zero-order chi connectivity index (χ0) is 19.4. The summed E-state index contributed by atoms with van der Waals surface area (Å²) in [7, 11) is 1.33. The molecule has 1 aromatic heterocycles. The van der Waals surface area contributed by atoms with Crippen molar-refractivity contribution >= 4 is 23.2 Å². The third-order valence-electron chi connectivity index (χ3n) is 4.66. The highest BCUT2D eigenvalue weighted by Crippen LogP contribution is 2.29. The van der Waals surface area contributed by atoms with Gasteiger partial charge in [-0.1, -0.05) is 24.3 Å². The highest BCUT2D eigenvalue weighted by atomic mass is 32.1. The van der Waals surface area contributed by atoms with E-state index in [1.54, 1.807) is 11.3 Å². The SMILES string of the molecule is COC(=O)CC(NC(=O)[C@@H]1C[C@@H](O)CN1)c1ccc(-c2scnc2C)cc1. The maximum Gasteiger partial charge on any atom is 0.307 e. The van der Waals surface area contributed by atoms with Crippen molar-refractivity contribution in [2.75, 3.05) is 13.7 Å². The number of ether oxygens (including phenoxy) is 1. The van der Waals surface area contributed by atoms with E-state index in [9.17, 15) is 14.7 Å². The maximum absolute atomic E-state index is 12.5. The molecule has 1 saturated heterocycles. The summed E-state index contributed by atoms with van der Waals surface area (Å²) in [6.45, 7) is 2.35. The lowest BCUT2D eigenvalue weighted by Gasteiger charge is -2.21. The Morgan fingerprint density at radius 1 is 1.41 bits per heavy atom. The van der Waals surface area contributed by atoms with Crippen LogP contribution >= 0.6 is 11.3 Å². The van der Waals surface area contributed by atoms with Crippen molar-refractivity contribution in [3.8, 4) is 10.4 Å². The van der Waals surface area contributed by atoms with Gasteiger partial charge in [-0.2, -0.15) is 0 Å². The van der Waals surface area contributed by atoms with Gasteiger partial charge in [0.25, 0.3) is 0 Å². The van der Waals surface area contributed by atoms with E-state index in [-0.39, 0.29) is 12.3 Å². The van der Waals surface area contributed by atoms with Gasteiger partial charge in [-0.15, -0.1) is 11.3 Å². The Morgan fingerprint density at radius 2 is 2.15 bits per heavy atom. The molecule has 2 aromatic rings. The zero-order valence-corrected chi connectivity index (χ0v) is 16.1. The van der Waals surface area contributed by atoms with E-state index >= 15 is 0 Å². The minimum atomic E-state index is -0.526. The van der Waals surface area contributed by atoms with Crippen LogP contribution in [0.25, 0.3) is 10.4 Å². The Bertz CT molecular complexity index is 806. The molecule has 1 aromatic carbocycles. The number of rotatable bonds is 6. The fourth-order valence-corrected chi connectivity index (χ4v) is 3.95. The van der Waals surface area contributed by atoms with Gasteiger partial charge in [-0.25, -0.2) is 4.98 Å². The number of aromatic nitrogens is 1. The minimum absolute atomic E-state index is 0.0381. The van der Waals surface area contributed by atoms with Crippen LogP contribution in [-0.4, -0.2) is 47.8 Å². The number of aryl methyl sites for hydroxylation is 1. The van der Waals surface area contributed by atoms with Crippen LogP contribution in [0.3, 0.4) is 0 Å². The monoisotopic (exact) mass is 389 g/mol. The van der Waals surface area contributed by atoms with Crippen LogP contribution in [0.5, 0.6) is 0 Å². The number of β-amino-alcohol motifs (C(OH)–C–C–N with tert-alkyl or cyclic N) is 1. The Hall–Kier alpha value is -2.29. The van der Waals surface area contributed by atoms with Gasteiger partial charge in [0, 0.05) is 6.54 Å². The summed E-state index contributed by atoms with van der Waals surface area (Å²) in [5.41, 5.74) is 4.64. The van der Waals surface area contributed by atoms with Crippen LogP contribution in [0.15, 0.2) is 29.8 Å². The standard InChI is InChI=1S/C19H23N3O4S/c1-11-18(27-10-21-11)13-5-3-12(4-6-13)15(8-17(24)26-2)22-19(25)16-7-14(23)9-20-16/h3-6,10,14-16,20,23H,7-9H2,1-2H3,(H,22,25)/t14-,15?,16+/m1/s1. The second kappa shape index (κ2) is 8.60. The highest BCUT2D eigenvalue weighted by molar-refractivity contribution is 7.13. The number of carbonyl (C=O) groups is 2. The third kappa shape index (κ3) is 4.71. The highest BCUT2D eigenvalue weighted by Gasteiger charge is 2.30. The first-order valence-electron chi connectivity index (χ1n) is 8.77. The molecule has 0 radical (unpaired) electrons. The molecule has 7 nitrogen and oxygen atoms in total. The third-order valence-corrected chi connectivity index (χ3v) is 5.64. The molecule has 144 valence electrons. The number of thiazole rings is 1. The summed E-state index contributed by atoms with van der Waals surface area (Å²) >= 11 is 1.57. The predicted molar refractivity (Wildman–Crippen MR) is 102 cm³/mol. The number of methoxy groups -OCH3 is 1. The van der Waals surface area contributed by atoms with E-state index in [2.05, 4.69) is 15.6 Å². The van der Waals surface area contributed by atoms with Crippen LogP contribution in [0.4, 0.5) is 0 Å². The topological polar surface area (TPSA) is 101 Å². The number of benzene rings is 1. The van der Waals surface area contributed by atoms with E-state index in [1.165, 1.54) is 7.11 Å². The summed E-state index contributed by atoms with van der Waals surface area (Å²) in [5, 5.41) is 15.5. The smallest absolute Gasteiger partial charge is 0.307 e. The van der Waals surface area contributed by atoms with Crippen molar-refractivity contribution in [2.24, 2.45) is 0 Å². The molecule has 0 aliphatic carbocycles. The maximum atomic E-state index is 12.5. The van der Waals surface area contributed by atoms with E-state index in [4.69, 9.17) is 4.74 Å². The summed E-state index contributed by atoms with van der Waals surface area (Å²) in [6, 6.07) is 6.77. The number of nitrogens with zero attached hydrogens (tertiary/aromatic N) is 1. The predicted octanol–water partition coefficient (Wildman–Crippen LogP) is 1.56. The molecule has 1 fully saturated rings. The van der Waals surface area contributed by atoms with Gasteiger partial charge in [-0.3, -0.25) is 9.59 Å². The van der Waals surface area contributed by atoms with Crippen molar-refractivity contribution in [3.05, 3.63) is 41.0 Å². The van der Waals surface area contributed by atoms with Gasteiger partial charge in [-0.05, 0) is 24.5 Å². The number of carbonyl (C=O) groups excluding carboxylic acids is 2. The first-order valence-corrected chi connectivity index (χ1v) is 9.65. The number of hydrogen-bond acceptors (Lipinski definition) is 7. The van der Waals surface area contributed by atoms with E-state index in [0.29, 0.717) is 13.0 Å². The van der Waals surface area contributed by atoms with Gasteiger partial charge in [0.15, 0.2) is 0 Å². The lowest BCUT2D eigenvalue weighted by Crippen LogP contribution is -2.42. The largest absolute Gasteiger partial charge is 0.469 e. The molecule has 1 aliphatic heterocycles. The van der Waals surface area contributed by atoms with Crippen LogP contribution < -0.4 is 10.6 Å². The first-order chi connectivity index (χ1) is 13.0. The Labute approximate surface area is 161 Å². The molecule has 0 spiro atoms. The average Bonchev–Trinajstić information content (AvgIpc) is 3.29. The van der Waals surface area contributed by atoms with Crippen molar-refractivity contribution in [1.82, 2.24) is 15.6 Å². The molecule has 2 heterocycles. The fourth-order valence-electron chi connectivity index (χ4n) is 3.14. The Morgan fingerprint density at radius 3 is 2.70 bits per heavy atom. The van der Waals surface area contributed by atoms with Crippen molar-refractivity contribution in [2.45, 2.75) is 38.0 Å². The second-order valence-corrected chi connectivity index (χ2v) is 7.44. The number of esters is 1. The van der Waals surface area contributed by atoms with Crippen molar-refractivity contribution in [3.63, 3.8) is 0 Å². The van der Waals surface area contributed by atoms with Gasteiger partial charge >= 0.3 is 5.97 Å². The Balaban J connectivity index is 1.77. The number of aliphatic hydroxyl groups is 1. The molecule has 3 rings (SSSR count). The molecule has 0 saturated carbocycles. The quantitative estimate of drug-likeness (QED) is 0.649. The minimum Gasteiger partial charge on any atom is -0.469 e. The van der Waals surface area contributed by atoms with Crippen LogP contribution in [0.2, 0.25) is 0 Å². The van der Waals surface area contributed by atoms with E-state index < -0.39 is 24.2 Å². The molecule has 3 atom stereocenters. The molecule has 1 unspecified atom stereocenters. The summed E-state index contributed by atoms with van der Waals surface area (Å²) in [6.07, 6.45) is -0.127. The second-order valence-electron chi connectivity index (χ2n) is 6.58. The lowest BCUT2D eigenvalue weighted by atomic mass is 10.0. The molecule has 0 bridgehead atoms. The molecule has 1 amide bonds.